The molecule has 0 heterocycles. The summed E-state index contributed by atoms with van der Waals surface area (Å²) in [6.45, 7) is 0.0180. The minimum Gasteiger partial charge on any atom is -0.481 e. The fourth-order valence-corrected chi connectivity index (χ4v) is 4.27. The van der Waals surface area contributed by atoms with Gasteiger partial charge in [-0.3, -0.25) is 9.59 Å². The van der Waals surface area contributed by atoms with Crippen molar-refractivity contribution in [3.63, 3.8) is 0 Å². The second kappa shape index (κ2) is 9.00. The van der Waals surface area contributed by atoms with Gasteiger partial charge in [-0.2, -0.15) is 0 Å². The Hall–Kier alpha value is -3.39. The Kier molecular flexibility index (Phi) is 6.14. The van der Waals surface area contributed by atoms with E-state index in [9.17, 15) is 19.5 Å². The standard InChI is InChI=1S/C24H26N2O6/c27-15(11-21(28)26-24(9-10-24)12-22(29)30)13-25-23(31)32-14-20-18-7-3-1-5-16(18)17-6-2-4-8-19(17)20/h1-8,15,20,27H,9-14H2,(H,25,31)(H,26,28)(H,29,30). The summed E-state index contributed by atoms with van der Waals surface area (Å²) in [7, 11) is 0. The summed E-state index contributed by atoms with van der Waals surface area (Å²) in [6.07, 6.45) is -0.914. The van der Waals surface area contributed by atoms with Gasteiger partial charge in [0.25, 0.3) is 0 Å². The molecule has 4 N–H and O–H groups in total. The largest absolute Gasteiger partial charge is 0.481 e. The van der Waals surface area contributed by atoms with Gasteiger partial charge in [-0.25, -0.2) is 4.79 Å². The molecule has 4 rings (SSSR count). The molecule has 2 aliphatic rings. The van der Waals surface area contributed by atoms with Crippen LogP contribution in [0.3, 0.4) is 0 Å². The highest BCUT2D eigenvalue weighted by atomic mass is 16.5. The number of nitrogens with one attached hydrogen (secondary N) is 2. The van der Waals surface area contributed by atoms with Gasteiger partial charge in [-0.1, -0.05) is 48.5 Å². The van der Waals surface area contributed by atoms with Gasteiger partial charge in [0.1, 0.15) is 6.61 Å². The van der Waals surface area contributed by atoms with E-state index >= 15 is 0 Å². The van der Waals surface area contributed by atoms with Gasteiger partial charge in [0.05, 0.1) is 24.5 Å². The normalized spacial score (nSPS) is 16.4. The first kappa shape index (κ1) is 21.8. The minimum atomic E-state index is -1.10. The molecule has 1 unspecified atom stereocenters. The summed E-state index contributed by atoms with van der Waals surface area (Å²) >= 11 is 0. The lowest BCUT2D eigenvalue weighted by molar-refractivity contribution is -0.138. The predicted molar refractivity (Wildman–Crippen MR) is 116 cm³/mol. The average molecular weight is 438 g/mol. The SMILES string of the molecule is O=C(O)CC1(NC(=O)CC(O)CNC(=O)OCC2c3ccccc3-c3ccccc32)CC1. The van der Waals surface area contributed by atoms with Crippen LogP contribution < -0.4 is 10.6 Å². The zero-order valence-electron chi connectivity index (χ0n) is 17.5. The van der Waals surface area contributed by atoms with Gasteiger partial charge >= 0.3 is 12.1 Å². The Balaban J connectivity index is 1.24. The number of carboxylic acid groups (broad SMARTS) is 1. The number of benzene rings is 2. The van der Waals surface area contributed by atoms with E-state index in [1.54, 1.807) is 0 Å². The van der Waals surface area contributed by atoms with E-state index in [2.05, 4.69) is 22.8 Å². The van der Waals surface area contributed by atoms with Gasteiger partial charge in [-0.15, -0.1) is 0 Å². The number of carboxylic acids is 1. The number of carbonyl (C=O) groups is 3. The molecule has 2 aromatic rings. The molecule has 0 bridgehead atoms. The summed E-state index contributed by atoms with van der Waals surface area (Å²) in [6, 6.07) is 16.0. The Bertz CT molecular complexity index is 987. The van der Waals surface area contributed by atoms with Crippen molar-refractivity contribution in [3.8, 4) is 11.1 Å². The van der Waals surface area contributed by atoms with E-state index in [1.807, 2.05) is 36.4 Å². The monoisotopic (exact) mass is 438 g/mol. The van der Waals surface area contributed by atoms with Crippen LogP contribution in [0.2, 0.25) is 0 Å². The average Bonchev–Trinajstić information content (AvgIpc) is 3.42. The van der Waals surface area contributed by atoms with Crippen LogP contribution >= 0.6 is 0 Å². The van der Waals surface area contributed by atoms with Crippen LogP contribution in [0.4, 0.5) is 4.79 Å². The number of aliphatic hydroxyl groups excluding tert-OH is 1. The van der Waals surface area contributed by atoms with Crippen molar-refractivity contribution in [3.05, 3.63) is 59.7 Å². The topological polar surface area (TPSA) is 125 Å². The second-order valence-corrected chi connectivity index (χ2v) is 8.46. The second-order valence-electron chi connectivity index (χ2n) is 8.46. The lowest BCUT2D eigenvalue weighted by atomic mass is 9.98. The van der Waals surface area contributed by atoms with E-state index in [4.69, 9.17) is 9.84 Å². The zero-order valence-corrected chi connectivity index (χ0v) is 17.5. The highest BCUT2D eigenvalue weighted by Crippen LogP contribution is 2.44. The Labute approximate surface area is 185 Å². The molecule has 2 aliphatic carbocycles. The van der Waals surface area contributed by atoms with Gasteiger partial charge in [0.15, 0.2) is 0 Å². The van der Waals surface area contributed by atoms with Crippen LogP contribution in [0.1, 0.15) is 42.7 Å². The van der Waals surface area contributed by atoms with E-state index in [0.29, 0.717) is 12.8 Å². The summed E-state index contributed by atoms with van der Waals surface area (Å²) < 4.78 is 5.40. The number of aliphatic hydroxyl groups is 1. The maximum Gasteiger partial charge on any atom is 0.407 e. The van der Waals surface area contributed by atoms with Crippen molar-refractivity contribution in [2.24, 2.45) is 0 Å². The van der Waals surface area contributed by atoms with Crippen LogP contribution in [0, 0.1) is 0 Å². The Morgan fingerprint density at radius 1 is 1.03 bits per heavy atom. The maximum atomic E-state index is 12.2. The molecule has 0 spiro atoms. The molecule has 0 saturated heterocycles. The molecule has 168 valence electrons. The van der Waals surface area contributed by atoms with E-state index in [1.165, 1.54) is 0 Å². The van der Waals surface area contributed by atoms with Crippen molar-refractivity contribution in [1.29, 1.82) is 0 Å². The quantitative estimate of drug-likeness (QED) is 0.477. The predicted octanol–water partition coefficient (Wildman–Crippen LogP) is 2.40. The third kappa shape index (κ3) is 4.91. The van der Waals surface area contributed by atoms with Crippen molar-refractivity contribution < 1.29 is 29.3 Å². The van der Waals surface area contributed by atoms with Gasteiger partial charge < -0.3 is 25.6 Å². The summed E-state index contributed by atoms with van der Waals surface area (Å²) in [4.78, 5) is 35.1. The first-order chi connectivity index (χ1) is 15.4. The number of alkyl carbamates (subject to hydrolysis) is 1. The number of hydrogen-bond acceptors (Lipinski definition) is 5. The molecule has 8 heteroatoms. The molecule has 0 aromatic heterocycles. The molecule has 1 fully saturated rings. The Morgan fingerprint density at radius 3 is 2.19 bits per heavy atom. The fourth-order valence-electron chi connectivity index (χ4n) is 4.27. The third-order valence-electron chi connectivity index (χ3n) is 5.99. The molecule has 2 aromatic carbocycles. The lowest BCUT2D eigenvalue weighted by Gasteiger charge is -2.18. The van der Waals surface area contributed by atoms with Crippen LogP contribution in [0.25, 0.3) is 11.1 Å². The highest BCUT2D eigenvalue weighted by molar-refractivity contribution is 5.80. The number of ether oxygens (including phenoxy) is 1. The molecule has 0 radical (unpaired) electrons. The number of rotatable bonds is 9. The van der Waals surface area contributed by atoms with Crippen molar-refractivity contribution in [1.82, 2.24) is 10.6 Å². The number of amides is 2. The minimum absolute atomic E-state index is 0.0622. The molecule has 32 heavy (non-hydrogen) atoms. The van der Waals surface area contributed by atoms with Gasteiger partial charge in [0.2, 0.25) is 5.91 Å². The first-order valence-electron chi connectivity index (χ1n) is 10.7. The van der Waals surface area contributed by atoms with Gasteiger partial charge in [0, 0.05) is 12.5 Å². The molecule has 8 nitrogen and oxygen atoms in total. The number of fused-ring (bicyclic) bond motifs is 3. The zero-order chi connectivity index (χ0) is 22.7. The Morgan fingerprint density at radius 2 is 1.62 bits per heavy atom. The molecule has 2 amide bonds. The van der Waals surface area contributed by atoms with Crippen LogP contribution in [0.5, 0.6) is 0 Å². The smallest absolute Gasteiger partial charge is 0.407 e. The van der Waals surface area contributed by atoms with E-state index < -0.39 is 29.6 Å². The van der Waals surface area contributed by atoms with Gasteiger partial charge in [-0.05, 0) is 35.1 Å². The highest BCUT2D eigenvalue weighted by Gasteiger charge is 2.45. The molecule has 1 saturated carbocycles. The summed E-state index contributed by atoms with van der Waals surface area (Å²) in [5.41, 5.74) is 3.79. The summed E-state index contributed by atoms with van der Waals surface area (Å²) in [5.74, 6) is -1.47. The number of aliphatic carboxylic acids is 1. The number of hydrogen-bond donors (Lipinski definition) is 4. The first-order valence-corrected chi connectivity index (χ1v) is 10.7. The van der Waals surface area contributed by atoms with Crippen molar-refractivity contribution in [2.45, 2.75) is 43.2 Å². The molecule has 0 aliphatic heterocycles. The van der Waals surface area contributed by atoms with E-state index in [-0.39, 0.29) is 31.9 Å². The van der Waals surface area contributed by atoms with Crippen LogP contribution in [0.15, 0.2) is 48.5 Å². The fraction of sp³-hybridized carbons (Fsp3) is 0.375. The third-order valence-corrected chi connectivity index (χ3v) is 5.99. The van der Waals surface area contributed by atoms with Crippen molar-refractivity contribution >= 4 is 18.0 Å². The molecular formula is C24H26N2O6. The number of carbonyl (C=O) groups excluding carboxylic acids is 2. The maximum absolute atomic E-state index is 12.2. The molecule has 1 atom stereocenters. The lowest BCUT2D eigenvalue weighted by Crippen LogP contribution is -2.42. The van der Waals surface area contributed by atoms with Crippen LogP contribution in [-0.4, -0.2) is 53.0 Å². The molecular weight excluding hydrogens is 412 g/mol. The summed E-state index contributed by atoms with van der Waals surface area (Å²) in [5, 5.41) is 24.1. The van der Waals surface area contributed by atoms with E-state index in [0.717, 1.165) is 22.3 Å². The van der Waals surface area contributed by atoms with Crippen molar-refractivity contribution in [2.75, 3.05) is 13.2 Å². The van der Waals surface area contributed by atoms with Crippen LogP contribution in [-0.2, 0) is 14.3 Å².